The van der Waals surface area contributed by atoms with Crippen molar-refractivity contribution in [1.29, 1.82) is 0 Å². The van der Waals surface area contributed by atoms with E-state index in [4.69, 9.17) is 8.83 Å². The van der Waals surface area contributed by atoms with Gasteiger partial charge in [-0.3, -0.25) is 0 Å². The van der Waals surface area contributed by atoms with Gasteiger partial charge in [-0.1, -0.05) is 176 Å². The molecule has 2 aliphatic rings. The molecule has 0 aliphatic heterocycles. The zero-order valence-corrected chi connectivity index (χ0v) is 39.5. The Kier molecular flexibility index (Phi) is 8.35. The van der Waals surface area contributed by atoms with Crippen molar-refractivity contribution in [3.63, 3.8) is 0 Å². The summed E-state index contributed by atoms with van der Waals surface area (Å²) in [5, 5.41) is 9.15. The Hall–Kier alpha value is -9.64. The average molecular weight is 931 g/mol. The van der Waals surface area contributed by atoms with Gasteiger partial charge in [-0.05, 0) is 140 Å². The molecule has 0 unspecified atom stereocenters. The van der Waals surface area contributed by atoms with Gasteiger partial charge in [0.1, 0.15) is 22.3 Å². The molecule has 0 amide bonds. The summed E-state index contributed by atoms with van der Waals surface area (Å²) >= 11 is 0. The molecular weight excluding hydrogens is 889 g/mol. The summed E-state index contributed by atoms with van der Waals surface area (Å²) in [6.07, 6.45) is 0. The third kappa shape index (κ3) is 5.49. The molecule has 2 aromatic heterocycles. The molecule has 0 saturated heterocycles. The van der Waals surface area contributed by atoms with Crippen molar-refractivity contribution in [1.82, 2.24) is 0 Å². The first kappa shape index (κ1) is 40.1. The van der Waals surface area contributed by atoms with Crippen LogP contribution in [-0.4, -0.2) is 0 Å². The monoisotopic (exact) mass is 930 g/mol. The van der Waals surface area contributed by atoms with Crippen molar-refractivity contribution < 1.29 is 8.83 Å². The van der Waals surface area contributed by atoms with E-state index in [1.807, 2.05) is 6.07 Å². The van der Waals surface area contributed by atoms with E-state index in [1.165, 1.54) is 66.1 Å². The van der Waals surface area contributed by atoms with Crippen LogP contribution in [0.2, 0.25) is 0 Å². The molecule has 0 bridgehead atoms. The minimum atomic E-state index is -0.658. The lowest BCUT2D eigenvalue weighted by Crippen LogP contribution is -2.26. The maximum atomic E-state index is 6.59. The smallest absolute Gasteiger partial charge is 0.137 e. The Morgan fingerprint density at radius 2 is 0.795 bits per heavy atom. The quantitative estimate of drug-likeness (QED) is 0.166. The number of para-hydroxylation sites is 4. The summed E-state index contributed by atoms with van der Waals surface area (Å²) in [6, 6.07) is 93.0. The van der Waals surface area contributed by atoms with E-state index in [-0.39, 0.29) is 0 Å². The van der Waals surface area contributed by atoms with Gasteiger partial charge in [-0.25, -0.2) is 0 Å². The largest absolute Gasteiger partial charge is 0.456 e. The van der Waals surface area contributed by atoms with Gasteiger partial charge in [0.25, 0.3) is 0 Å². The predicted octanol–water partition coefficient (Wildman–Crippen LogP) is 19.1. The molecule has 340 valence electrons. The fourth-order valence-electron chi connectivity index (χ4n) is 13.0. The van der Waals surface area contributed by atoms with Crippen LogP contribution < -0.4 is 9.80 Å². The van der Waals surface area contributed by atoms with E-state index in [2.05, 4.69) is 259 Å². The molecule has 0 saturated carbocycles. The summed E-state index contributed by atoms with van der Waals surface area (Å²) < 4.78 is 13.1. The van der Waals surface area contributed by atoms with Crippen LogP contribution in [0.15, 0.2) is 264 Å². The highest BCUT2D eigenvalue weighted by atomic mass is 16.3. The van der Waals surface area contributed by atoms with Crippen LogP contribution in [0.4, 0.5) is 34.1 Å². The maximum absolute atomic E-state index is 6.59. The Bertz CT molecular complexity index is 4540. The van der Waals surface area contributed by atoms with E-state index in [1.54, 1.807) is 0 Å². The summed E-state index contributed by atoms with van der Waals surface area (Å²) in [6.45, 7) is 0. The molecule has 1 spiro atoms. The second-order valence-corrected chi connectivity index (χ2v) is 19.4. The molecule has 2 aliphatic carbocycles. The first-order valence-electron chi connectivity index (χ1n) is 25.1. The number of hydrogen-bond acceptors (Lipinski definition) is 4. The molecule has 14 aromatic rings. The molecule has 0 atom stereocenters. The first-order valence-corrected chi connectivity index (χ1v) is 25.1. The van der Waals surface area contributed by atoms with Gasteiger partial charge in [-0.15, -0.1) is 0 Å². The fraction of sp³-hybridized carbons (Fsp3) is 0.0145. The Morgan fingerprint density at radius 3 is 1.42 bits per heavy atom. The zero-order chi connectivity index (χ0) is 47.8. The highest BCUT2D eigenvalue weighted by molar-refractivity contribution is 6.19. The minimum Gasteiger partial charge on any atom is -0.456 e. The van der Waals surface area contributed by atoms with Crippen molar-refractivity contribution >= 4 is 99.5 Å². The highest BCUT2D eigenvalue weighted by Crippen LogP contribution is 2.66. The number of benzene rings is 12. The van der Waals surface area contributed by atoms with Crippen LogP contribution in [-0.2, 0) is 5.41 Å². The Labute approximate surface area is 420 Å². The van der Waals surface area contributed by atoms with E-state index >= 15 is 0 Å². The van der Waals surface area contributed by atoms with E-state index < -0.39 is 5.41 Å². The molecule has 4 heteroatoms. The normalized spacial score (nSPS) is 13.0. The second kappa shape index (κ2) is 15.2. The van der Waals surface area contributed by atoms with Crippen LogP contribution in [0.1, 0.15) is 22.3 Å². The molecule has 73 heavy (non-hydrogen) atoms. The second-order valence-electron chi connectivity index (χ2n) is 19.4. The number of anilines is 6. The number of furan rings is 2. The lowest BCUT2D eigenvalue weighted by atomic mass is 9.69. The number of fused-ring (bicyclic) bond motifs is 20. The van der Waals surface area contributed by atoms with Crippen molar-refractivity contribution in [2.45, 2.75) is 5.41 Å². The SMILES string of the molecule is c1ccc(N(c2ccc3c4c(ccc3c2)-c2c(cc(N(c3ccccc3)c3cccc5oc6ccccc6c35)c3ccccc23)C42c3ccccc3-c3ccccc32)c2cccc3oc4ccccc4c23)cc1. The first-order chi connectivity index (χ1) is 36.2. The minimum absolute atomic E-state index is 0.658. The number of hydrogen-bond donors (Lipinski definition) is 0. The Morgan fingerprint density at radius 1 is 0.288 bits per heavy atom. The molecule has 0 radical (unpaired) electrons. The van der Waals surface area contributed by atoms with Crippen molar-refractivity contribution in [3.05, 3.63) is 277 Å². The fourth-order valence-corrected chi connectivity index (χ4v) is 13.0. The molecule has 16 rings (SSSR count). The third-order valence-corrected chi connectivity index (χ3v) is 15.8. The van der Waals surface area contributed by atoms with Gasteiger partial charge >= 0.3 is 0 Å². The third-order valence-electron chi connectivity index (χ3n) is 15.8. The van der Waals surface area contributed by atoms with Crippen LogP contribution in [0.5, 0.6) is 0 Å². The molecule has 0 fully saturated rings. The molecule has 12 aromatic carbocycles. The molecule has 4 nitrogen and oxygen atoms in total. The zero-order valence-electron chi connectivity index (χ0n) is 39.5. The molecule has 2 heterocycles. The summed E-state index contributed by atoms with van der Waals surface area (Å²) in [4.78, 5) is 4.87. The summed E-state index contributed by atoms with van der Waals surface area (Å²) in [5.41, 5.74) is 19.5. The van der Waals surface area contributed by atoms with E-state index in [0.29, 0.717) is 0 Å². The van der Waals surface area contributed by atoms with E-state index in [9.17, 15) is 0 Å². The van der Waals surface area contributed by atoms with Crippen LogP contribution in [0, 0.1) is 0 Å². The highest BCUT2D eigenvalue weighted by Gasteiger charge is 2.53. The Balaban J connectivity index is 0.999. The van der Waals surface area contributed by atoms with Crippen molar-refractivity contribution in [3.8, 4) is 22.3 Å². The molecule has 0 N–H and O–H groups in total. The van der Waals surface area contributed by atoms with Crippen LogP contribution >= 0.6 is 0 Å². The van der Waals surface area contributed by atoms with Crippen molar-refractivity contribution in [2.24, 2.45) is 0 Å². The van der Waals surface area contributed by atoms with Gasteiger partial charge in [0, 0.05) is 33.2 Å². The maximum Gasteiger partial charge on any atom is 0.137 e. The van der Waals surface area contributed by atoms with Gasteiger partial charge in [0.15, 0.2) is 0 Å². The molecular formula is C69H42N2O2. The van der Waals surface area contributed by atoms with Crippen LogP contribution in [0.25, 0.3) is 87.7 Å². The topological polar surface area (TPSA) is 32.8 Å². The predicted molar refractivity (Wildman–Crippen MR) is 302 cm³/mol. The van der Waals surface area contributed by atoms with Crippen molar-refractivity contribution in [2.75, 3.05) is 9.80 Å². The summed E-state index contributed by atoms with van der Waals surface area (Å²) in [7, 11) is 0. The number of rotatable bonds is 6. The standard InChI is InChI=1S/C69H42N2O2/c1-3-19-44(20-4-1)70(58-31-17-35-63-66(58)52-27-11-15-33-61(52)72-63)46-38-40-47-43(41-46)37-39-54-65-51-26-8-7-25-50(51)60(42-57(65)69(68(47)54)55-29-13-9-23-48(55)49-24-10-14-30-56(49)69)71(45-21-5-2-6-22-45)59-32-18-36-64-67(59)53-28-12-16-34-62(53)73-64/h1-42H. The lowest BCUT2D eigenvalue weighted by Gasteiger charge is -2.34. The average Bonchev–Trinajstić information content (AvgIpc) is 4.30. The summed E-state index contributed by atoms with van der Waals surface area (Å²) in [5.74, 6) is 0. The van der Waals surface area contributed by atoms with Gasteiger partial charge < -0.3 is 18.6 Å². The lowest BCUT2D eigenvalue weighted by molar-refractivity contribution is 0.668. The van der Waals surface area contributed by atoms with Gasteiger partial charge in [0.2, 0.25) is 0 Å². The van der Waals surface area contributed by atoms with Crippen LogP contribution in [0.3, 0.4) is 0 Å². The number of nitrogens with zero attached hydrogens (tertiary/aromatic N) is 2. The van der Waals surface area contributed by atoms with Gasteiger partial charge in [-0.2, -0.15) is 0 Å². The van der Waals surface area contributed by atoms with Gasteiger partial charge in [0.05, 0.1) is 33.2 Å². The van der Waals surface area contributed by atoms with E-state index in [0.717, 1.165) is 78.0 Å².